The lowest BCUT2D eigenvalue weighted by Crippen LogP contribution is -2.23. The van der Waals surface area contributed by atoms with Gasteiger partial charge in [0.15, 0.2) is 0 Å². The molecule has 5 heteroatoms. The van der Waals surface area contributed by atoms with Crippen LogP contribution in [0, 0.1) is 11.6 Å². The van der Waals surface area contributed by atoms with E-state index in [1.54, 1.807) is 0 Å². The molecule has 16 heavy (non-hydrogen) atoms. The number of fused-ring (bicyclic) bond motifs is 3. The molecule has 0 aliphatic carbocycles. The first-order chi connectivity index (χ1) is 7.27. The first kappa shape index (κ1) is 11.4. The van der Waals surface area contributed by atoms with Gasteiger partial charge in [-0.2, -0.15) is 0 Å². The van der Waals surface area contributed by atoms with Crippen LogP contribution in [0.1, 0.15) is 11.3 Å². The summed E-state index contributed by atoms with van der Waals surface area (Å²) in [6, 6.07) is 2.34. The quantitative estimate of drug-likeness (QED) is 0.732. The summed E-state index contributed by atoms with van der Waals surface area (Å²) < 4.78 is 27.0. The summed E-state index contributed by atoms with van der Waals surface area (Å²) in [6.45, 7) is 1.46. The van der Waals surface area contributed by atoms with Crippen molar-refractivity contribution < 1.29 is 8.78 Å². The summed E-state index contributed by atoms with van der Waals surface area (Å²) in [7, 11) is 0. The number of H-pyrrole nitrogens is 1. The number of nitrogens with one attached hydrogen (secondary N) is 2. The van der Waals surface area contributed by atoms with E-state index in [2.05, 4.69) is 10.3 Å². The Morgan fingerprint density at radius 2 is 1.88 bits per heavy atom. The van der Waals surface area contributed by atoms with Crippen molar-refractivity contribution in [3.8, 4) is 0 Å². The van der Waals surface area contributed by atoms with E-state index < -0.39 is 0 Å². The summed E-state index contributed by atoms with van der Waals surface area (Å²) in [5.41, 5.74) is 2.12. The summed E-state index contributed by atoms with van der Waals surface area (Å²) in [6.07, 6.45) is 0.795. The Hall–Kier alpha value is -1.13. The van der Waals surface area contributed by atoms with E-state index in [-0.39, 0.29) is 24.0 Å². The van der Waals surface area contributed by atoms with Crippen molar-refractivity contribution in [2.75, 3.05) is 6.54 Å². The second-order valence-electron chi connectivity index (χ2n) is 3.79. The predicted molar refractivity (Wildman–Crippen MR) is 60.9 cm³/mol. The first-order valence-corrected chi connectivity index (χ1v) is 4.95. The Balaban J connectivity index is 0.000000963. The standard InChI is InChI=1S/C11H10F2N2.ClH/c12-7-1-2-8(13)11-10(7)6-5-14-4-3-9(6)15-11;/h1-2,14-15H,3-5H2;1H. The van der Waals surface area contributed by atoms with Gasteiger partial charge in [0.05, 0.1) is 5.52 Å². The smallest absolute Gasteiger partial charge is 0.147 e. The molecule has 86 valence electrons. The van der Waals surface area contributed by atoms with E-state index in [1.165, 1.54) is 6.07 Å². The topological polar surface area (TPSA) is 27.8 Å². The minimum Gasteiger partial charge on any atom is -0.356 e. The number of hydrogen-bond donors (Lipinski definition) is 2. The molecule has 0 saturated heterocycles. The van der Waals surface area contributed by atoms with Gasteiger partial charge in [-0.25, -0.2) is 8.78 Å². The molecule has 2 nitrogen and oxygen atoms in total. The molecule has 2 aromatic rings. The third kappa shape index (κ3) is 1.49. The zero-order valence-corrected chi connectivity index (χ0v) is 9.26. The maximum atomic E-state index is 13.6. The monoisotopic (exact) mass is 244 g/mol. The third-order valence-corrected chi connectivity index (χ3v) is 2.90. The second-order valence-corrected chi connectivity index (χ2v) is 3.79. The van der Waals surface area contributed by atoms with Crippen LogP contribution in [0.4, 0.5) is 8.78 Å². The fraction of sp³-hybridized carbons (Fsp3) is 0.273. The van der Waals surface area contributed by atoms with Crippen LogP contribution in [0.25, 0.3) is 10.9 Å². The van der Waals surface area contributed by atoms with Gasteiger partial charge < -0.3 is 10.3 Å². The predicted octanol–water partition coefficient (Wildman–Crippen LogP) is 2.51. The Morgan fingerprint density at radius 1 is 1.12 bits per heavy atom. The molecule has 0 unspecified atom stereocenters. The van der Waals surface area contributed by atoms with Gasteiger partial charge >= 0.3 is 0 Å². The van der Waals surface area contributed by atoms with Crippen molar-refractivity contribution >= 4 is 23.3 Å². The molecule has 1 aromatic carbocycles. The van der Waals surface area contributed by atoms with Crippen LogP contribution < -0.4 is 5.32 Å². The lowest BCUT2D eigenvalue weighted by Gasteiger charge is -2.12. The molecule has 1 aliphatic heterocycles. The highest BCUT2D eigenvalue weighted by Crippen LogP contribution is 2.28. The minimum absolute atomic E-state index is 0. The molecular weight excluding hydrogens is 234 g/mol. The Kier molecular flexibility index (Phi) is 2.86. The van der Waals surface area contributed by atoms with Crippen LogP contribution in [-0.4, -0.2) is 11.5 Å². The lowest BCUT2D eigenvalue weighted by atomic mass is 10.1. The Labute approximate surface area is 97.4 Å². The van der Waals surface area contributed by atoms with E-state index in [0.717, 1.165) is 30.3 Å². The molecule has 0 bridgehead atoms. The average Bonchev–Trinajstić information content (AvgIpc) is 2.64. The van der Waals surface area contributed by atoms with Crippen LogP contribution in [-0.2, 0) is 13.0 Å². The molecule has 0 fully saturated rings. The molecule has 0 saturated carbocycles. The van der Waals surface area contributed by atoms with E-state index in [4.69, 9.17) is 0 Å². The number of benzene rings is 1. The zero-order valence-electron chi connectivity index (χ0n) is 8.44. The molecule has 0 spiro atoms. The summed E-state index contributed by atoms with van der Waals surface area (Å²) in [5, 5.41) is 3.56. The lowest BCUT2D eigenvalue weighted by molar-refractivity contribution is 0.614. The van der Waals surface area contributed by atoms with Gasteiger partial charge in [-0.1, -0.05) is 0 Å². The third-order valence-electron chi connectivity index (χ3n) is 2.90. The first-order valence-electron chi connectivity index (χ1n) is 4.95. The number of hydrogen-bond acceptors (Lipinski definition) is 1. The SMILES string of the molecule is Cl.Fc1ccc(F)c2c3c([nH]c12)CCNC3. The Bertz CT molecular complexity index is 536. The van der Waals surface area contributed by atoms with Crippen molar-refractivity contribution in [3.63, 3.8) is 0 Å². The van der Waals surface area contributed by atoms with Gasteiger partial charge in [0.2, 0.25) is 0 Å². The van der Waals surface area contributed by atoms with E-state index >= 15 is 0 Å². The second kappa shape index (κ2) is 4.03. The number of aromatic nitrogens is 1. The largest absolute Gasteiger partial charge is 0.356 e. The molecule has 0 radical (unpaired) electrons. The van der Waals surface area contributed by atoms with Gasteiger partial charge in [0.25, 0.3) is 0 Å². The zero-order chi connectivity index (χ0) is 10.4. The average molecular weight is 245 g/mol. The van der Waals surface area contributed by atoms with Gasteiger partial charge in [-0.05, 0) is 17.7 Å². The fourth-order valence-corrected chi connectivity index (χ4v) is 2.18. The minimum atomic E-state index is -0.388. The molecular formula is C11H11ClF2N2. The summed E-state index contributed by atoms with van der Waals surface area (Å²) in [4.78, 5) is 2.97. The number of halogens is 3. The van der Waals surface area contributed by atoms with Crippen LogP contribution in [0.2, 0.25) is 0 Å². The highest BCUT2D eigenvalue weighted by Gasteiger charge is 2.19. The van der Waals surface area contributed by atoms with Crippen molar-refractivity contribution in [2.24, 2.45) is 0 Å². The molecule has 1 aliphatic rings. The van der Waals surface area contributed by atoms with Crippen molar-refractivity contribution in [2.45, 2.75) is 13.0 Å². The van der Waals surface area contributed by atoms with Crippen molar-refractivity contribution in [3.05, 3.63) is 35.0 Å². The van der Waals surface area contributed by atoms with Gasteiger partial charge in [-0.15, -0.1) is 12.4 Å². The van der Waals surface area contributed by atoms with Crippen LogP contribution in [0.5, 0.6) is 0 Å². The number of rotatable bonds is 0. The van der Waals surface area contributed by atoms with Crippen molar-refractivity contribution in [1.29, 1.82) is 0 Å². The van der Waals surface area contributed by atoms with Gasteiger partial charge in [0.1, 0.15) is 11.6 Å². The molecule has 0 atom stereocenters. The molecule has 3 rings (SSSR count). The highest BCUT2D eigenvalue weighted by molar-refractivity contribution is 5.86. The summed E-state index contributed by atoms with van der Waals surface area (Å²) in [5.74, 6) is -0.742. The van der Waals surface area contributed by atoms with E-state index in [9.17, 15) is 8.78 Å². The molecule has 0 amide bonds. The molecule has 2 N–H and O–H groups in total. The maximum absolute atomic E-state index is 13.6. The highest BCUT2D eigenvalue weighted by atomic mass is 35.5. The summed E-state index contributed by atoms with van der Waals surface area (Å²) >= 11 is 0. The van der Waals surface area contributed by atoms with Crippen molar-refractivity contribution in [1.82, 2.24) is 10.3 Å². The van der Waals surface area contributed by atoms with Crippen LogP contribution in [0.15, 0.2) is 12.1 Å². The normalized spacial score (nSPS) is 14.6. The van der Waals surface area contributed by atoms with Crippen LogP contribution in [0.3, 0.4) is 0 Å². The van der Waals surface area contributed by atoms with Gasteiger partial charge in [0, 0.05) is 30.6 Å². The fourth-order valence-electron chi connectivity index (χ4n) is 2.18. The molecule has 1 aromatic heterocycles. The maximum Gasteiger partial charge on any atom is 0.147 e. The van der Waals surface area contributed by atoms with E-state index in [1.807, 2.05) is 0 Å². The van der Waals surface area contributed by atoms with Crippen LogP contribution >= 0.6 is 12.4 Å². The Morgan fingerprint density at radius 3 is 2.69 bits per heavy atom. The van der Waals surface area contributed by atoms with E-state index in [0.29, 0.717) is 17.4 Å². The number of aromatic amines is 1. The van der Waals surface area contributed by atoms with Gasteiger partial charge in [-0.3, -0.25) is 0 Å². The molecule has 2 heterocycles.